The SMILES string of the molecule is CC(=O)OC1CN2CCC1C(c1ccccc1)C2.Cl. The third-order valence-corrected chi connectivity index (χ3v) is 4.21. The summed E-state index contributed by atoms with van der Waals surface area (Å²) < 4.78 is 5.50. The van der Waals surface area contributed by atoms with Crippen LogP contribution in [0.1, 0.15) is 24.8 Å². The Kier molecular flexibility index (Phi) is 4.48. The van der Waals surface area contributed by atoms with Gasteiger partial charge in [0.05, 0.1) is 0 Å². The van der Waals surface area contributed by atoms with Gasteiger partial charge in [-0.3, -0.25) is 9.69 Å². The maximum atomic E-state index is 11.2. The summed E-state index contributed by atoms with van der Waals surface area (Å²) in [5.41, 5.74) is 1.38. The molecule has 2 bridgehead atoms. The van der Waals surface area contributed by atoms with Crippen LogP contribution in [0.4, 0.5) is 0 Å². The first kappa shape index (κ1) is 14.4. The van der Waals surface area contributed by atoms with Crippen LogP contribution < -0.4 is 0 Å². The Balaban J connectivity index is 0.00000133. The number of halogens is 1. The Morgan fingerprint density at radius 3 is 2.63 bits per heavy atom. The van der Waals surface area contributed by atoms with Crippen LogP contribution in [0.3, 0.4) is 0 Å². The molecule has 3 saturated heterocycles. The van der Waals surface area contributed by atoms with Gasteiger partial charge in [0, 0.05) is 31.8 Å². The minimum Gasteiger partial charge on any atom is -0.461 e. The van der Waals surface area contributed by atoms with Gasteiger partial charge in [0.1, 0.15) is 6.10 Å². The van der Waals surface area contributed by atoms with E-state index in [1.165, 1.54) is 12.5 Å². The molecular formula is C15H20ClNO2. The molecule has 1 aromatic rings. The van der Waals surface area contributed by atoms with E-state index < -0.39 is 0 Å². The molecule has 0 spiro atoms. The van der Waals surface area contributed by atoms with Crippen molar-refractivity contribution in [3.05, 3.63) is 35.9 Å². The zero-order valence-electron chi connectivity index (χ0n) is 11.1. The number of fused-ring (bicyclic) bond motifs is 3. The molecule has 0 aliphatic carbocycles. The first-order valence-electron chi connectivity index (χ1n) is 6.68. The fourth-order valence-corrected chi connectivity index (χ4v) is 3.43. The van der Waals surface area contributed by atoms with Crippen LogP contribution in [0, 0.1) is 5.92 Å². The van der Waals surface area contributed by atoms with E-state index in [1.807, 2.05) is 0 Å². The summed E-state index contributed by atoms with van der Waals surface area (Å²) in [6.45, 7) is 4.67. The van der Waals surface area contributed by atoms with Crippen LogP contribution in [-0.2, 0) is 9.53 Å². The molecule has 3 nitrogen and oxygen atoms in total. The number of ether oxygens (including phenoxy) is 1. The molecule has 4 atom stereocenters. The highest BCUT2D eigenvalue weighted by atomic mass is 35.5. The lowest BCUT2D eigenvalue weighted by molar-refractivity contribution is -0.157. The second-order valence-corrected chi connectivity index (χ2v) is 5.38. The van der Waals surface area contributed by atoms with E-state index >= 15 is 0 Å². The van der Waals surface area contributed by atoms with Crippen molar-refractivity contribution in [1.29, 1.82) is 0 Å². The summed E-state index contributed by atoms with van der Waals surface area (Å²) in [6, 6.07) is 10.6. The van der Waals surface area contributed by atoms with Gasteiger partial charge in [-0.15, -0.1) is 12.4 Å². The highest BCUT2D eigenvalue weighted by Gasteiger charge is 2.43. The predicted octanol–water partition coefficient (Wildman–Crippen LogP) is 2.46. The summed E-state index contributed by atoms with van der Waals surface area (Å²) >= 11 is 0. The van der Waals surface area contributed by atoms with Gasteiger partial charge >= 0.3 is 5.97 Å². The van der Waals surface area contributed by atoms with Gasteiger partial charge in [0.25, 0.3) is 0 Å². The summed E-state index contributed by atoms with van der Waals surface area (Å²) in [5.74, 6) is 0.847. The van der Waals surface area contributed by atoms with Crippen LogP contribution in [0.2, 0.25) is 0 Å². The average Bonchev–Trinajstić information content (AvgIpc) is 2.39. The smallest absolute Gasteiger partial charge is 0.302 e. The van der Waals surface area contributed by atoms with Crippen molar-refractivity contribution in [3.63, 3.8) is 0 Å². The van der Waals surface area contributed by atoms with Crippen molar-refractivity contribution < 1.29 is 9.53 Å². The lowest BCUT2D eigenvalue weighted by Crippen LogP contribution is -2.55. The molecule has 3 aliphatic heterocycles. The second kappa shape index (κ2) is 5.93. The third kappa shape index (κ3) is 2.93. The van der Waals surface area contributed by atoms with Crippen LogP contribution in [0.5, 0.6) is 0 Å². The van der Waals surface area contributed by atoms with Crippen molar-refractivity contribution >= 4 is 18.4 Å². The van der Waals surface area contributed by atoms with Gasteiger partial charge in [-0.05, 0) is 18.5 Å². The molecule has 0 radical (unpaired) electrons. The van der Waals surface area contributed by atoms with Crippen molar-refractivity contribution in [2.45, 2.75) is 25.4 Å². The molecule has 4 rings (SSSR count). The van der Waals surface area contributed by atoms with E-state index in [9.17, 15) is 4.79 Å². The number of piperidine rings is 3. The zero-order chi connectivity index (χ0) is 12.5. The normalized spacial score (nSPS) is 32.5. The molecule has 0 N–H and O–H groups in total. The molecular weight excluding hydrogens is 262 g/mol. The molecule has 0 saturated carbocycles. The highest BCUT2D eigenvalue weighted by Crippen LogP contribution is 2.40. The van der Waals surface area contributed by atoms with Gasteiger partial charge in [0.15, 0.2) is 0 Å². The van der Waals surface area contributed by atoms with Gasteiger partial charge in [-0.25, -0.2) is 0 Å². The highest BCUT2D eigenvalue weighted by molar-refractivity contribution is 5.85. The Hall–Kier alpha value is -1.06. The van der Waals surface area contributed by atoms with Gasteiger partial charge < -0.3 is 4.74 Å². The van der Waals surface area contributed by atoms with Crippen molar-refractivity contribution in [1.82, 2.24) is 4.90 Å². The quantitative estimate of drug-likeness (QED) is 0.780. The third-order valence-electron chi connectivity index (χ3n) is 4.21. The summed E-state index contributed by atoms with van der Waals surface area (Å²) in [5, 5.41) is 0. The maximum absolute atomic E-state index is 11.2. The van der Waals surface area contributed by atoms with Crippen LogP contribution in [0.25, 0.3) is 0 Å². The fraction of sp³-hybridized carbons (Fsp3) is 0.533. The lowest BCUT2D eigenvalue weighted by atomic mass is 9.74. The van der Waals surface area contributed by atoms with Gasteiger partial charge in [-0.1, -0.05) is 30.3 Å². The van der Waals surface area contributed by atoms with Crippen LogP contribution in [-0.4, -0.2) is 36.6 Å². The molecule has 4 heteroatoms. The van der Waals surface area contributed by atoms with Gasteiger partial charge in [-0.2, -0.15) is 0 Å². The second-order valence-electron chi connectivity index (χ2n) is 5.38. The largest absolute Gasteiger partial charge is 0.461 e. The number of benzene rings is 1. The van der Waals surface area contributed by atoms with E-state index in [0.29, 0.717) is 11.8 Å². The van der Waals surface area contributed by atoms with E-state index in [4.69, 9.17) is 4.74 Å². The molecule has 3 fully saturated rings. The van der Waals surface area contributed by atoms with E-state index in [0.717, 1.165) is 26.1 Å². The molecule has 104 valence electrons. The fourth-order valence-electron chi connectivity index (χ4n) is 3.43. The Morgan fingerprint density at radius 2 is 2.00 bits per heavy atom. The van der Waals surface area contributed by atoms with Crippen molar-refractivity contribution in [2.75, 3.05) is 19.6 Å². The first-order chi connectivity index (χ1) is 8.74. The number of esters is 1. The number of carbonyl (C=O) groups is 1. The Labute approximate surface area is 120 Å². The Bertz CT molecular complexity index is 437. The molecule has 3 heterocycles. The molecule has 0 amide bonds. The summed E-state index contributed by atoms with van der Waals surface area (Å²) in [7, 11) is 0. The zero-order valence-corrected chi connectivity index (χ0v) is 11.9. The number of hydrogen-bond acceptors (Lipinski definition) is 3. The number of nitrogens with zero attached hydrogens (tertiary/aromatic N) is 1. The van der Waals surface area contributed by atoms with Crippen molar-refractivity contribution in [2.24, 2.45) is 5.92 Å². The summed E-state index contributed by atoms with van der Waals surface area (Å²) in [6.07, 6.45) is 1.22. The van der Waals surface area contributed by atoms with Gasteiger partial charge in [0.2, 0.25) is 0 Å². The maximum Gasteiger partial charge on any atom is 0.302 e. The minimum absolute atomic E-state index is 0. The van der Waals surface area contributed by atoms with E-state index in [2.05, 4.69) is 35.2 Å². The summed E-state index contributed by atoms with van der Waals surface area (Å²) in [4.78, 5) is 13.6. The topological polar surface area (TPSA) is 29.5 Å². The molecule has 1 aromatic carbocycles. The molecule has 4 unspecified atom stereocenters. The molecule has 19 heavy (non-hydrogen) atoms. The average molecular weight is 282 g/mol. The van der Waals surface area contributed by atoms with Crippen molar-refractivity contribution in [3.8, 4) is 0 Å². The number of carbonyl (C=O) groups excluding carboxylic acids is 1. The van der Waals surface area contributed by atoms with E-state index in [-0.39, 0.29) is 24.5 Å². The Morgan fingerprint density at radius 1 is 1.26 bits per heavy atom. The van der Waals surface area contributed by atoms with Crippen LogP contribution >= 0.6 is 12.4 Å². The first-order valence-corrected chi connectivity index (χ1v) is 6.68. The lowest BCUT2D eigenvalue weighted by Gasteiger charge is -2.49. The molecule has 3 aliphatic rings. The van der Waals surface area contributed by atoms with E-state index in [1.54, 1.807) is 0 Å². The predicted molar refractivity (Wildman–Crippen MR) is 76.5 cm³/mol. The standard InChI is InChI=1S/C15H19NO2.ClH/c1-11(17)18-15-10-16-8-7-13(15)14(9-16)12-5-3-2-4-6-12;/h2-6,13-15H,7-10H2,1H3;1H. The molecule has 0 aromatic heterocycles. The monoisotopic (exact) mass is 281 g/mol. The minimum atomic E-state index is -0.152. The number of hydrogen-bond donors (Lipinski definition) is 0. The van der Waals surface area contributed by atoms with Crippen LogP contribution in [0.15, 0.2) is 30.3 Å². The number of rotatable bonds is 2.